The summed E-state index contributed by atoms with van der Waals surface area (Å²) in [4.78, 5) is 5.55. The molecule has 1 N–H and O–H groups in total. The first kappa shape index (κ1) is 7.26. The number of hydrogen-bond donors (Lipinski definition) is 1. The Balaban J connectivity index is 2.53. The van der Waals surface area contributed by atoms with E-state index in [1.54, 1.807) is 11.3 Å². The predicted molar refractivity (Wildman–Crippen MR) is 51.8 cm³/mol. The van der Waals surface area contributed by atoms with Gasteiger partial charge in [0.15, 0.2) is 0 Å². The fourth-order valence-corrected chi connectivity index (χ4v) is 2.63. The second-order valence-electron chi connectivity index (χ2n) is 3.27. The summed E-state index contributed by atoms with van der Waals surface area (Å²) in [5.74, 6) is 1.08. The Labute approximate surface area is 79.2 Å². The number of fused-ring (bicyclic) bond motifs is 2. The Kier molecular flexibility index (Phi) is 1.35. The molecule has 0 radical (unpaired) electrons. The third-order valence-corrected chi connectivity index (χ3v) is 3.30. The summed E-state index contributed by atoms with van der Waals surface area (Å²) in [6, 6.07) is 1.99. The van der Waals surface area contributed by atoms with Gasteiger partial charge in [0.25, 0.3) is 0 Å². The lowest BCUT2D eigenvalue weighted by atomic mass is 10.3. The van der Waals surface area contributed by atoms with Gasteiger partial charge in [0, 0.05) is 13.0 Å². The molecule has 3 nitrogen and oxygen atoms in total. The summed E-state index contributed by atoms with van der Waals surface area (Å²) in [6.45, 7) is 0.965. The number of hydrogen-bond acceptors (Lipinski definition) is 3. The van der Waals surface area contributed by atoms with Crippen LogP contribution < -0.4 is 5.49 Å². The molecule has 3 rings (SSSR count). The van der Waals surface area contributed by atoms with E-state index in [4.69, 9.17) is 5.41 Å². The first-order valence-electron chi connectivity index (χ1n) is 4.38. The molecule has 1 aliphatic rings. The van der Waals surface area contributed by atoms with E-state index in [0.29, 0.717) is 5.49 Å². The van der Waals surface area contributed by atoms with Crippen LogP contribution in [-0.4, -0.2) is 9.55 Å². The molecule has 2 aromatic rings. The first-order valence-corrected chi connectivity index (χ1v) is 5.26. The molecule has 0 aliphatic carbocycles. The molecule has 0 spiro atoms. The molecule has 2 aromatic heterocycles. The summed E-state index contributed by atoms with van der Waals surface area (Å²) in [5, 5.41) is 11.0. The highest BCUT2D eigenvalue weighted by atomic mass is 32.1. The maximum atomic E-state index is 7.97. The summed E-state index contributed by atoms with van der Waals surface area (Å²) < 4.78 is 2.02. The van der Waals surface area contributed by atoms with Gasteiger partial charge in [0.2, 0.25) is 0 Å². The molecule has 1 aliphatic heterocycles. The smallest absolute Gasteiger partial charge is 0.136 e. The minimum Gasteiger partial charge on any atom is -0.314 e. The lowest BCUT2D eigenvalue weighted by Crippen LogP contribution is -2.20. The van der Waals surface area contributed by atoms with Crippen LogP contribution in [-0.2, 0) is 13.0 Å². The molecule has 66 valence electrons. The number of thiophene rings is 1. The molecule has 3 heterocycles. The third-order valence-electron chi connectivity index (χ3n) is 2.49. The molecular formula is C9H9N3S. The van der Waals surface area contributed by atoms with Crippen molar-refractivity contribution in [3.63, 3.8) is 0 Å². The van der Waals surface area contributed by atoms with Crippen molar-refractivity contribution >= 4 is 21.6 Å². The van der Waals surface area contributed by atoms with E-state index in [1.807, 2.05) is 16.0 Å². The largest absolute Gasteiger partial charge is 0.314 e. The van der Waals surface area contributed by atoms with Crippen LogP contribution in [0.3, 0.4) is 0 Å². The standard InChI is InChI=1S/C9H9N3S/c10-8-6-3-5-13-9(6)11-7-2-1-4-12(7)8/h3,5,10H,1-2,4H2. The quantitative estimate of drug-likeness (QED) is 0.674. The zero-order valence-corrected chi connectivity index (χ0v) is 7.90. The Morgan fingerprint density at radius 2 is 2.46 bits per heavy atom. The van der Waals surface area contributed by atoms with Gasteiger partial charge in [-0.2, -0.15) is 0 Å². The zero-order valence-electron chi connectivity index (χ0n) is 7.08. The SMILES string of the molecule is N=c1c2ccsc2nc2n1CCC2. The van der Waals surface area contributed by atoms with E-state index in [2.05, 4.69) is 4.98 Å². The fourth-order valence-electron chi connectivity index (χ4n) is 1.85. The Hall–Kier alpha value is -1.16. The van der Waals surface area contributed by atoms with E-state index >= 15 is 0 Å². The van der Waals surface area contributed by atoms with Crippen molar-refractivity contribution in [2.75, 3.05) is 0 Å². The number of aromatic nitrogens is 2. The van der Waals surface area contributed by atoms with Gasteiger partial charge in [-0.15, -0.1) is 11.3 Å². The molecule has 0 fully saturated rings. The van der Waals surface area contributed by atoms with Crippen LogP contribution >= 0.6 is 11.3 Å². The monoisotopic (exact) mass is 191 g/mol. The Bertz CT molecular complexity index is 523. The van der Waals surface area contributed by atoms with Gasteiger partial charge < -0.3 is 4.57 Å². The average molecular weight is 191 g/mol. The highest BCUT2D eigenvalue weighted by Crippen LogP contribution is 2.18. The molecule has 0 bridgehead atoms. The summed E-state index contributed by atoms with van der Waals surface area (Å²) >= 11 is 1.62. The second-order valence-corrected chi connectivity index (χ2v) is 4.17. The molecule has 0 atom stereocenters. The summed E-state index contributed by atoms with van der Waals surface area (Å²) in [5.41, 5.74) is 0.638. The minimum absolute atomic E-state index is 0.638. The average Bonchev–Trinajstić information content (AvgIpc) is 2.71. The van der Waals surface area contributed by atoms with E-state index in [-0.39, 0.29) is 0 Å². The lowest BCUT2D eigenvalue weighted by Gasteiger charge is -2.02. The fraction of sp³-hybridized carbons (Fsp3) is 0.333. The predicted octanol–water partition coefficient (Wildman–Crippen LogP) is 1.52. The van der Waals surface area contributed by atoms with E-state index < -0.39 is 0 Å². The number of rotatable bonds is 0. The van der Waals surface area contributed by atoms with E-state index in [1.165, 1.54) is 0 Å². The van der Waals surface area contributed by atoms with Crippen LogP contribution in [0.25, 0.3) is 10.2 Å². The normalized spacial score (nSPS) is 15.1. The maximum absolute atomic E-state index is 7.97. The molecule has 0 amide bonds. The zero-order chi connectivity index (χ0) is 8.84. The van der Waals surface area contributed by atoms with Gasteiger partial charge >= 0.3 is 0 Å². The highest BCUT2D eigenvalue weighted by Gasteiger charge is 2.14. The van der Waals surface area contributed by atoms with Gasteiger partial charge in [-0.25, -0.2) is 4.98 Å². The van der Waals surface area contributed by atoms with Crippen molar-refractivity contribution in [1.29, 1.82) is 5.41 Å². The molecule has 0 saturated heterocycles. The molecule has 4 heteroatoms. The van der Waals surface area contributed by atoms with Crippen LogP contribution in [0.2, 0.25) is 0 Å². The van der Waals surface area contributed by atoms with Crippen molar-refractivity contribution in [3.8, 4) is 0 Å². The topological polar surface area (TPSA) is 41.7 Å². The molecule has 0 aromatic carbocycles. The molecule has 0 unspecified atom stereocenters. The minimum atomic E-state index is 0.638. The van der Waals surface area contributed by atoms with Gasteiger partial charge in [-0.1, -0.05) is 0 Å². The number of nitrogens with zero attached hydrogens (tertiary/aromatic N) is 2. The van der Waals surface area contributed by atoms with Gasteiger partial charge in [-0.05, 0) is 17.9 Å². The van der Waals surface area contributed by atoms with Crippen LogP contribution in [0.1, 0.15) is 12.2 Å². The first-order chi connectivity index (χ1) is 6.36. The number of aryl methyl sites for hydroxylation is 1. The van der Waals surface area contributed by atoms with Crippen LogP contribution in [0.15, 0.2) is 11.4 Å². The van der Waals surface area contributed by atoms with Crippen LogP contribution in [0, 0.1) is 5.41 Å². The van der Waals surface area contributed by atoms with Gasteiger partial charge in [0.05, 0.1) is 5.39 Å². The molecule has 0 saturated carbocycles. The van der Waals surface area contributed by atoms with E-state index in [0.717, 1.165) is 35.4 Å². The van der Waals surface area contributed by atoms with Crippen molar-refractivity contribution in [1.82, 2.24) is 9.55 Å². The van der Waals surface area contributed by atoms with Crippen LogP contribution in [0.5, 0.6) is 0 Å². The highest BCUT2D eigenvalue weighted by molar-refractivity contribution is 7.16. The molecular weight excluding hydrogens is 182 g/mol. The van der Waals surface area contributed by atoms with Gasteiger partial charge in [-0.3, -0.25) is 5.41 Å². The van der Waals surface area contributed by atoms with Crippen molar-refractivity contribution in [2.24, 2.45) is 0 Å². The third kappa shape index (κ3) is 0.891. The summed E-state index contributed by atoms with van der Waals surface area (Å²) in [7, 11) is 0. The molecule has 13 heavy (non-hydrogen) atoms. The lowest BCUT2D eigenvalue weighted by molar-refractivity contribution is 0.699. The maximum Gasteiger partial charge on any atom is 0.136 e. The van der Waals surface area contributed by atoms with Crippen molar-refractivity contribution < 1.29 is 0 Å². The van der Waals surface area contributed by atoms with Crippen molar-refractivity contribution in [2.45, 2.75) is 19.4 Å². The Morgan fingerprint density at radius 1 is 1.54 bits per heavy atom. The second kappa shape index (κ2) is 2.42. The van der Waals surface area contributed by atoms with Gasteiger partial charge in [0.1, 0.15) is 16.1 Å². The Morgan fingerprint density at radius 3 is 3.38 bits per heavy atom. The summed E-state index contributed by atoms with van der Waals surface area (Å²) in [6.07, 6.45) is 2.16. The number of nitrogens with one attached hydrogen (secondary N) is 1. The van der Waals surface area contributed by atoms with Crippen molar-refractivity contribution in [3.05, 3.63) is 22.8 Å². The van der Waals surface area contributed by atoms with E-state index in [9.17, 15) is 0 Å². The van der Waals surface area contributed by atoms with Crippen LogP contribution in [0.4, 0.5) is 0 Å².